The zero-order valence-electron chi connectivity index (χ0n) is 29.4. The smallest absolute Gasteiger partial charge is 0.303 e. The Balaban J connectivity index is 1.52. The number of carbonyl (C=O) groups excluding carboxylic acids is 2. The van der Waals surface area contributed by atoms with Crippen molar-refractivity contribution in [3.63, 3.8) is 0 Å². The number of hydrogen-bond donors (Lipinski definition) is 4. The summed E-state index contributed by atoms with van der Waals surface area (Å²) in [5, 5.41) is 45.1. The molecule has 1 heterocycles. The number of allylic oxidation sites excluding steroid dienone is 2. The number of rotatable bonds is 8. The lowest BCUT2D eigenvalue weighted by Gasteiger charge is -2.60. The predicted octanol–water partition coefficient (Wildman–Crippen LogP) is 4.21. The van der Waals surface area contributed by atoms with E-state index in [2.05, 4.69) is 26.8 Å². The van der Waals surface area contributed by atoms with Crippen molar-refractivity contribution in [2.45, 2.75) is 155 Å². The fraction of sp³-hybridized carbons (Fsp3) is 0.838. The minimum Gasteiger partial charge on any atom is -0.455 e. The summed E-state index contributed by atoms with van der Waals surface area (Å²) in [5.41, 5.74) is 1.80. The van der Waals surface area contributed by atoms with Gasteiger partial charge in [0, 0.05) is 13.8 Å². The van der Waals surface area contributed by atoms with Gasteiger partial charge in [-0.1, -0.05) is 44.1 Å². The number of hydrogen-bond acceptors (Lipinski definition) is 10. The van der Waals surface area contributed by atoms with Crippen molar-refractivity contribution in [2.75, 3.05) is 0 Å². The standard InChI is InChI=1S/C37H58O10/c1-18(2)9-12-27(41)19(3)30-29(47-35-34(46-22(6)39)33(45-21(5)38)32(43)20(4)44-35)16-26-25-11-10-23-15-24(40)13-14-36(23,7)31(25)28(42)17-37(26,30)8/h9-10,19-20,24-35,40-43H,11-17H2,1-8H3/t19-,20+,24+,25+,26+,27-,28-,29+,30+,31-,32+,33-,34-,35+,36+,37+/m1/s1. The summed E-state index contributed by atoms with van der Waals surface area (Å²) in [6.45, 7) is 14.7. The molecule has 0 radical (unpaired) electrons. The van der Waals surface area contributed by atoms with Crippen LogP contribution in [0.25, 0.3) is 0 Å². The number of aliphatic hydroxyl groups excluding tert-OH is 4. The van der Waals surface area contributed by atoms with Crippen molar-refractivity contribution in [1.82, 2.24) is 0 Å². The lowest BCUT2D eigenvalue weighted by molar-refractivity contribution is -0.313. The molecule has 10 nitrogen and oxygen atoms in total. The molecule has 5 rings (SSSR count). The molecule has 4 aliphatic carbocycles. The summed E-state index contributed by atoms with van der Waals surface area (Å²) in [7, 11) is 0. The molecule has 0 bridgehead atoms. The molecule has 4 fully saturated rings. The summed E-state index contributed by atoms with van der Waals surface area (Å²) in [4.78, 5) is 24.3. The van der Waals surface area contributed by atoms with Gasteiger partial charge in [0.05, 0.1) is 30.5 Å². The van der Waals surface area contributed by atoms with E-state index in [0.29, 0.717) is 25.7 Å². The molecule has 4 N–H and O–H groups in total. The first-order chi connectivity index (χ1) is 22.0. The van der Waals surface area contributed by atoms with Gasteiger partial charge in [-0.05, 0) is 106 Å². The highest BCUT2D eigenvalue weighted by Gasteiger charge is 2.66. The van der Waals surface area contributed by atoms with Crippen LogP contribution in [0.5, 0.6) is 0 Å². The Bertz CT molecular complexity index is 1230. The lowest BCUT2D eigenvalue weighted by Crippen LogP contribution is -2.61. The molecular weight excluding hydrogens is 604 g/mol. The Morgan fingerprint density at radius 2 is 1.74 bits per heavy atom. The molecule has 47 heavy (non-hydrogen) atoms. The van der Waals surface area contributed by atoms with Crippen LogP contribution in [0.3, 0.4) is 0 Å². The molecule has 5 aliphatic rings. The molecule has 0 amide bonds. The van der Waals surface area contributed by atoms with Crippen molar-refractivity contribution >= 4 is 11.9 Å². The average Bonchev–Trinajstić information content (AvgIpc) is 3.26. The molecule has 3 saturated carbocycles. The van der Waals surface area contributed by atoms with E-state index in [9.17, 15) is 30.0 Å². The van der Waals surface area contributed by atoms with E-state index in [4.69, 9.17) is 18.9 Å². The second kappa shape index (κ2) is 13.8. The first kappa shape index (κ1) is 36.5. The molecular formula is C37H58O10. The van der Waals surface area contributed by atoms with E-state index in [0.717, 1.165) is 24.8 Å². The maximum absolute atomic E-state index is 12.3. The van der Waals surface area contributed by atoms with Crippen LogP contribution in [0.1, 0.15) is 100 Å². The van der Waals surface area contributed by atoms with Crippen molar-refractivity contribution in [3.05, 3.63) is 23.3 Å². The molecule has 0 spiro atoms. The predicted molar refractivity (Wildman–Crippen MR) is 174 cm³/mol. The highest BCUT2D eigenvalue weighted by molar-refractivity contribution is 5.67. The Morgan fingerprint density at radius 3 is 2.38 bits per heavy atom. The zero-order chi connectivity index (χ0) is 34.6. The third-order valence-electron chi connectivity index (χ3n) is 12.7. The van der Waals surface area contributed by atoms with Crippen LogP contribution < -0.4 is 0 Å². The van der Waals surface area contributed by atoms with Gasteiger partial charge in [-0.15, -0.1) is 0 Å². The Labute approximate surface area is 279 Å². The van der Waals surface area contributed by atoms with Crippen LogP contribution in [-0.2, 0) is 28.5 Å². The Morgan fingerprint density at radius 1 is 1.09 bits per heavy atom. The number of fused-ring (bicyclic) bond motifs is 5. The van der Waals surface area contributed by atoms with Crippen molar-refractivity contribution < 1.29 is 49.0 Å². The van der Waals surface area contributed by atoms with Crippen LogP contribution in [0.15, 0.2) is 23.3 Å². The van der Waals surface area contributed by atoms with Gasteiger partial charge in [0.25, 0.3) is 0 Å². The van der Waals surface area contributed by atoms with E-state index >= 15 is 0 Å². The van der Waals surface area contributed by atoms with Crippen LogP contribution in [0.4, 0.5) is 0 Å². The largest absolute Gasteiger partial charge is 0.455 e. The minimum absolute atomic E-state index is 0.0432. The quantitative estimate of drug-likeness (QED) is 0.220. The van der Waals surface area contributed by atoms with E-state index < -0.39 is 66.4 Å². The van der Waals surface area contributed by atoms with Crippen LogP contribution in [-0.4, -0.2) is 87.5 Å². The second-order valence-electron chi connectivity index (χ2n) is 16.1. The number of aliphatic hydroxyl groups is 4. The molecule has 0 aromatic heterocycles. The second-order valence-corrected chi connectivity index (χ2v) is 16.1. The van der Waals surface area contributed by atoms with Gasteiger partial charge in [0.1, 0.15) is 6.10 Å². The van der Waals surface area contributed by atoms with E-state index in [1.807, 2.05) is 19.9 Å². The van der Waals surface area contributed by atoms with Crippen molar-refractivity contribution in [1.29, 1.82) is 0 Å². The third-order valence-corrected chi connectivity index (χ3v) is 12.7. The average molecular weight is 663 g/mol. The van der Waals surface area contributed by atoms with Gasteiger partial charge in [-0.25, -0.2) is 0 Å². The van der Waals surface area contributed by atoms with Gasteiger partial charge in [-0.3, -0.25) is 9.59 Å². The van der Waals surface area contributed by atoms with E-state index in [1.54, 1.807) is 6.92 Å². The topological polar surface area (TPSA) is 152 Å². The third kappa shape index (κ3) is 6.84. The molecule has 0 unspecified atom stereocenters. The molecule has 266 valence electrons. The number of carbonyl (C=O) groups is 2. The maximum Gasteiger partial charge on any atom is 0.303 e. The maximum atomic E-state index is 12.3. The molecule has 1 saturated heterocycles. The Kier molecular flexibility index (Phi) is 10.7. The molecule has 16 atom stereocenters. The van der Waals surface area contributed by atoms with Crippen LogP contribution in [0, 0.1) is 40.4 Å². The van der Waals surface area contributed by atoms with Gasteiger partial charge in [0.2, 0.25) is 0 Å². The molecule has 0 aromatic carbocycles. The fourth-order valence-electron chi connectivity index (χ4n) is 10.6. The van der Waals surface area contributed by atoms with E-state index in [1.165, 1.54) is 19.4 Å². The minimum atomic E-state index is -1.23. The summed E-state index contributed by atoms with van der Waals surface area (Å²) >= 11 is 0. The SMILES string of the molecule is CC(=O)O[C@@H]1[C@@H](O)[C@H](C)O[C@@H](O[C@H]2C[C@H]3[C@@H]4CC=C5C[C@@H](O)CC[C@]5(C)[C@H]4[C@H](O)C[C@]3(C)[C@H]2[C@H](C)[C@H](O)CC=C(C)C)[C@@H]1OC(C)=O. The Hall–Kier alpha value is -1.82. The summed E-state index contributed by atoms with van der Waals surface area (Å²) < 4.78 is 24.2. The van der Waals surface area contributed by atoms with Crippen molar-refractivity contribution in [3.8, 4) is 0 Å². The molecule has 1 aliphatic heterocycles. The van der Waals surface area contributed by atoms with Gasteiger partial charge >= 0.3 is 11.9 Å². The fourth-order valence-corrected chi connectivity index (χ4v) is 10.6. The first-order valence-electron chi connectivity index (χ1n) is 17.7. The van der Waals surface area contributed by atoms with Crippen LogP contribution >= 0.6 is 0 Å². The highest BCUT2D eigenvalue weighted by Crippen LogP contribution is 2.68. The van der Waals surface area contributed by atoms with Crippen LogP contribution in [0.2, 0.25) is 0 Å². The van der Waals surface area contributed by atoms with Gasteiger partial charge in [-0.2, -0.15) is 0 Å². The zero-order valence-corrected chi connectivity index (χ0v) is 29.4. The molecule has 10 heteroatoms. The van der Waals surface area contributed by atoms with Crippen molar-refractivity contribution in [2.24, 2.45) is 40.4 Å². The highest BCUT2D eigenvalue weighted by atomic mass is 16.7. The first-order valence-corrected chi connectivity index (χ1v) is 17.7. The number of ether oxygens (including phenoxy) is 4. The molecule has 0 aromatic rings. The number of esters is 2. The van der Waals surface area contributed by atoms with Gasteiger partial charge in [0.15, 0.2) is 18.5 Å². The normalized spacial score (nSPS) is 45.7. The summed E-state index contributed by atoms with van der Waals surface area (Å²) in [6, 6.07) is 0. The monoisotopic (exact) mass is 662 g/mol. The summed E-state index contributed by atoms with van der Waals surface area (Å²) in [5.74, 6) is -1.27. The van der Waals surface area contributed by atoms with E-state index in [-0.39, 0.29) is 41.1 Å². The lowest BCUT2D eigenvalue weighted by atomic mass is 9.46. The summed E-state index contributed by atoms with van der Waals surface area (Å²) in [6.07, 6.45) is 1.54. The van der Waals surface area contributed by atoms with Gasteiger partial charge < -0.3 is 39.4 Å².